The summed E-state index contributed by atoms with van der Waals surface area (Å²) in [6.07, 6.45) is 1.48. The van der Waals surface area contributed by atoms with Crippen LogP contribution in [0.4, 0.5) is 0 Å². The number of aliphatic imine (C=N–C) groups is 1. The van der Waals surface area contributed by atoms with Crippen LogP contribution in [0.25, 0.3) is 6.08 Å². The van der Waals surface area contributed by atoms with Gasteiger partial charge in [0.2, 0.25) is 5.90 Å². The highest BCUT2D eigenvalue weighted by atomic mass is 79.9. The maximum Gasteiger partial charge on any atom is 0.363 e. The average Bonchev–Trinajstić information content (AvgIpc) is 3.16. The van der Waals surface area contributed by atoms with E-state index in [9.17, 15) is 9.59 Å². The standard InChI is InChI=1S/C24H14Br2ClNO5/c1-31-20-8-7-16(27)12-17(20)22-28-19(24(30)33-22)10-14-9-15(25)11-18(26)21(14)32-23(29)13-5-3-2-4-6-13/h2-12H,1H3/b19-10-. The van der Waals surface area contributed by atoms with Gasteiger partial charge in [0.05, 0.1) is 22.7 Å². The number of carbonyl (C=O) groups excluding carboxylic acids is 2. The molecule has 0 radical (unpaired) electrons. The van der Waals surface area contributed by atoms with E-state index in [0.717, 1.165) is 0 Å². The number of hydrogen-bond donors (Lipinski definition) is 0. The van der Waals surface area contributed by atoms with Crippen LogP contribution >= 0.6 is 43.5 Å². The molecule has 0 bridgehead atoms. The van der Waals surface area contributed by atoms with Crippen LogP contribution in [-0.2, 0) is 9.53 Å². The summed E-state index contributed by atoms with van der Waals surface area (Å²) >= 11 is 12.9. The van der Waals surface area contributed by atoms with Crippen LogP contribution in [0.3, 0.4) is 0 Å². The fourth-order valence-corrected chi connectivity index (χ4v) is 4.55. The molecule has 33 heavy (non-hydrogen) atoms. The lowest BCUT2D eigenvalue weighted by Crippen LogP contribution is -2.10. The van der Waals surface area contributed by atoms with Crippen LogP contribution in [0.15, 0.2) is 80.3 Å². The molecule has 1 aliphatic heterocycles. The Morgan fingerprint density at radius 2 is 1.85 bits per heavy atom. The third-order valence-electron chi connectivity index (χ3n) is 4.55. The number of cyclic esters (lactones) is 1. The van der Waals surface area contributed by atoms with E-state index in [1.807, 2.05) is 0 Å². The van der Waals surface area contributed by atoms with Gasteiger partial charge in [0.15, 0.2) is 11.4 Å². The molecule has 9 heteroatoms. The van der Waals surface area contributed by atoms with E-state index in [-0.39, 0.29) is 17.3 Å². The van der Waals surface area contributed by atoms with Crippen molar-refractivity contribution in [2.45, 2.75) is 0 Å². The summed E-state index contributed by atoms with van der Waals surface area (Å²) in [5, 5.41) is 0.438. The van der Waals surface area contributed by atoms with Crippen molar-refractivity contribution in [1.82, 2.24) is 0 Å². The first-order valence-electron chi connectivity index (χ1n) is 9.48. The highest BCUT2D eigenvalue weighted by molar-refractivity contribution is 9.11. The molecular formula is C24H14Br2ClNO5. The van der Waals surface area contributed by atoms with Gasteiger partial charge in [-0.05, 0) is 64.5 Å². The Hall–Kier alpha value is -2.94. The van der Waals surface area contributed by atoms with Crippen LogP contribution in [0.1, 0.15) is 21.5 Å². The molecule has 0 aromatic heterocycles. The van der Waals surface area contributed by atoms with Crippen molar-refractivity contribution in [3.05, 3.63) is 97.0 Å². The lowest BCUT2D eigenvalue weighted by Gasteiger charge is -2.11. The first kappa shape index (κ1) is 23.2. The quantitative estimate of drug-likeness (QED) is 0.194. The van der Waals surface area contributed by atoms with E-state index in [4.69, 9.17) is 25.8 Å². The van der Waals surface area contributed by atoms with E-state index >= 15 is 0 Å². The van der Waals surface area contributed by atoms with Gasteiger partial charge in [0.25, 0.3) is 0 Å². The number of esters is 2. The van der Waals surface area contributed by atoms with Gasteiger partial charge in [-0.1, -0.05) is 45.7 Å². The summed E-state index contributed by atoms with van der Waals surface area (Å²) in [6, 6.07) is 16.9. The van der Waals surface area contributed by atoms with Gasteiger partial charge in [-0.15, -0.1) is 0 Å². The van der Waals surface area contributed by atoms with Crippen molar-refractivity contribution < 1.29 is 23.8 Å². The number of halogens is 3. The van der Waals surface area contributed by atoms with Gasteiger partial charge in [0.1, 0.15) is 5.75 Å². The first-order chi connectivity index (χ1) is 15.9. The van der Waals surface area contributed by atoms with Gasteiger partial charge in [-0.3, -0.25) is 0 Å². The molecule has 1 aliphatic rings. The summed E-state index contributed by atoms with van der Waals surface area (Å²) in [5.41, 5.74) is 1.29. The van der Waals surface area contributed by atoms with Crippen LogP contribution in [-0.4, -0.2) is 24.9 Å². The third kappa shape index (κ3) is 5.19. The third-order valence-corrected chi connectivity index (χ3v) is 5.83. The monoisotopic (exact) mass is 589 g/mol. The molecule has 6 nitrogen and oxygen atoms in total. The second-order valence-corrected chi connectivity index (χ2v) is 8.95. The van der Waals surface area contributed by atoms with Gasteiger partial charge < -0.3 is 14.2 Å². The van der Waals surface area contributed by atoms with E-state index in [1.54, 1.807) is 60.7 Å². The SMILES string of the molecule is COc1ccc(Cl)cc1C1=N/C(=C\c2cc(Br)cc(Br)c2OC(=O)c2ccccc2)C(=O)O1. The molecule has 0 spiro atoms. The summed E-state index contributed by atoms with van der Waals surface area (Å²) in [6.45, 7) is 0. The average molecular weight is 592 g/mol. The van der Waals surface area contributed by atoms with E-state index in [0.29, 0.717) is 36.4 Å². The predicted molar refractivity (Wildman–Crippen MR) is 132 cm³/mol. The first-order valence-corrected chi connectivity index (χ1v) is 11.4. The number of methoxy groups -OCH3 is 1. The predicted octanol–water partition coefficient (Wildman–Crippen LogP) is 6.44. The van der Waals surface area contributed by atoms with Crippen molar-refractivity contribution >= 4 is 67.4 Å². The molecule has 1 heterocycles. The van der Waals surface area contributed by atoms with E-state index < -0.39 is 11.9 Å². The van der Waals surface area contributed by atoms with Crippen molar-refractivity contribution in [1.29, 1.82) is 0 Å². The Balaban J connectivity index is 1.74. The van der Waals surface area contributed by atoms with E-state index in [2.05, 4.69) is 36.9 Å². The van der Waals surface area contributed by atoms with Crippen LogP contribution in [0, 0.1) is 0 Å². The van der Waals surface area contributed by atoms with Crippen LogP contribution < -0.4 is 9.47 Å². The zero-order chi connectivity index (χ0) is 23.5. The summed E-state index contributed by atoms with van der Waals surface area (Å²) in [7, 11) is 1.49. The maximum absolute atomic E-state index is 12.6. The summed E-state index contributed by atoms with van der Waals surface area (Å²) in [4.78, 5) is 29.5. The molecular weight excluding hydrogens is 578 g/mol. The van der Waals surface area contributed by atoms with Gasteiger partial charge in [-0.25, -0.2) is 14.6 Å². The number of carbonyl (C=O) groups is 2. The van der Waals surface area contributed by atoms with Crippen molar-refractivity contribution in [2.24, 2.45) is 4.99 Å². The highest BCUT2D eigenvalue weighted by Gasteiger charge is 2.27. The van der Waals surface area contributed by atoms with Crippen molar-refractivity contribution in [3.63, 3.8) is 0 Å². The Morgan fingerprint density at radius 3 is 2.58 bits per heavy atom. The van der Waals surface area contributed by atoms with Crippen LogP contribution in [0.2, 0.25) is 5.02 Å². The number of hydrogen-bond acceptors (Lipinski definition) is 6. The minimum atomic E-state index is -0.663. The molecule has 0 N–H and O–H groups in total. The largest absolute Gasteiger partial charge is 0.496 e. The molecule has 0 fully saturated rings. The van der Waals surface area contributed by atoms with Crippen molar-refractivity contribution in [3.8, 4) is 11.5 Å². The molecule has 0 saturated heterocycles. The number of rotatable bonds is 5. The van der Waals surface area contributed by atoms with Gasteiger partial charge in [-0.2, -0.15) is 0 Å². The second-order valence-electron chi connectivity index (χ2n) is 6.74. The topological polar surface area (TPSA) is 74.2 Å². The Labute approximate surface area is 211 Å². The number of nitrogens with zero attached hydrogens (tertiary/aromatic N) is 1. The van der Waals surface area contributed by atoms with Crippen molar-refractivity contribution in [2.75, 3.05) is 7.11 Å². The Bertz CT molecular complexity index is 1320. The Kier molecular flexibility index (Phi) is 6.97. The van der Waals surface area contributed by atoms with Gasteiger partial charge in [0, 0.05) is 15.1 Å². The lowest BCUT2D eigenvalue weighted by molar-refractivity contribution is -0.129. The summed E-state index contributed by atoms with van der Waals surface area (Å²) < 4.78 is 17.5. The van der Waals surface area contributed by atoms with E-state index in [1.165, 1.54) is 13.2 Å². The normalized spacial score (nSPS) is 14.1. The van der Waals surface area contributed by atoms with Gasteiger partial charge >= 0.3 is 11.9 Å². The second kappa shape index (κ2) is 9.91. The smallest absolute Gasteiger partial charge is 0.363 e. The highest BCUT2D eigenvalue weighted by Crippen LogP contribution is 2.36. The number of ether oxygens (including phenoxy) is 3. The molecule has 0 aliphatic carbocycles. The van der Waals surface area contributed by atoms with Crippen LogP contribution in [0.5, 0.6) is 11.5 Å². The summed E-state index contributed by atoms with van der Waals surface area (Å²) in [5.74, 6) is -0.461. The molecule has 0 amide bonds. The molecule has 0 atom stereocenters. The zero-order valence-corrected chi connectivity index (χ0v) is 20.9. The minimum absolute atomic E-state index is 0.0223. The number of benzene rings is 3. The Morgan fingerprint density at radius 1 is 1.09 bits per heavy atom. The molecule has 0 unspecified atom stereocenters. The molecule has 166 valence electrons. The fraction of sp³-hybridized carbons (Fsp3) is 0.0417. The zero-order valence-electron chi connectivity index (χ0n) is 17.0. The lowest BCUT2D eigenvalue weighted by atomic mass is 10.1. The molecule has 3 aromatic carbocycles. The maximum atomic E-state index is 12.6. The minimum Gasteiger partial charge on any atom is -0.496 e. The molecule has 0 saturated carbocycles. The molecule has 4 rings (SSSR count). The molecule has 3 aromatic rings. The fourth-order valence-electron chi connectivity index (χ4n) is 3.04.